The molecule has 0 aliphatic heterocycles. The minimum Gasteiger partial charge on any atom is -0.497 e. The summed E-state index contributed by atoms with van der Waals surface area (Å²) in [7, 11) is 3.25. The SMILES string of the molecule is CCOCCCNC(=O)/C=C(\C)c1cc2c(-c3ccc(OC)cc3)coc2cc1OC. The van der Waals surface area contributed by atoms with E-state index in [1.807, 2.05) is 50.2 Å². The van der Waals surface area contributed by atoms with Crippen molar-refractivity contribution < 1.29 is 23.4 Å². The third-order valence-electron chi connectivity index (χ3n) is 5.04. The van der Waals surface area contributed by atoms with Gasteiger partial charge in [-0.3, -0.25) is 4.79 Å². The molecule has 3 rings (SSSR count). The van der Waals surface area contributed by atoms with Crippen molar-refractivity contribution in [3.8, 4) is 22.6 Å². The van der Waals surface area contributed by atoms with Crippen LogP contribution in [0.1, 0.15) is 25.8 Å². The predicted octanol–water partition coefficient (Wildman–Crippen LogP) is 5.06. The predicted molar refractivity (Wildman–Crippen MR) is 123 cm³/mol. The average Bonchev–Trinajstić information content (AvgIpc) is 3.20. The normalized spacial score (nSPS) is 11.5. The number of carbonyl (C=O) groups excluding carboxylic acids is 1. The Morgan fingerprint density at radius 3 is 2.58 bits per heavy atom. The summed E-state index contributed by atoms with van der Waals surface area (Å²) in [5, 5.41) is 3.84. The number of hydrogen-bond acceptors (Lipinski definition) is 5. The van der Waals surface area contributed by atoms with Crippen molar-refractivity contribution in [2.45, 2.75) is 20.3 Å². The molecule has 0 spiro atoms. The van der Waals surface area contributed by atoms with Crippen molar-refractivity contribution in [3.63, 3.8) is 0 Å². The van der Waals surface area contributed by atoms with Crippen molar-refractivity contribution in [3.05, 3.63) is 54.3 Å². The molecule has 164 valence electrons. The van der Waals surface area contributed by atoms with Gasteiger partial charge in [-0.05, 0) is 49.6 Å². The van der Waals surface area contributed by atoms with E-state index in [0.717, 1.165) is 45.4 Å². The van der Waals surface area contributed by atoms with Crippen LogP contribution in [0.3, 0.4) is 0 Å². The van der Waals surface area contributed by atoms with Gasteiger partial charge in [-0.15, -0.1) is 0 Å². The first kappa shape index (κ1) is 22.4. The lowest BCUT2D eigenvalue weighted by atomic mass is 9.99. The van der Waals surface area contributed by atoms with Gasteiger partial charge in [-0.1, -0.05) is 12.1 Å². The van der Waals surface area contributed by atoms with E-state index in [9.17, 15) is 4.79 Å². The number of allylic oxidation sites excluding steroid dienone is 1. The molecule has 1 N–H and O–H groups in total. The molecule has 0 fully saturated rings. The van der Waals surface area contributed by atoms with E-state index in [1.165, 1.54) is 0 Å². The minimum atomic E-state index is -0.140. The second-order valence-electron chi connectivity index (χ2n) is 7.10. The summed E-state index contributed by atoms with van der Waals surface area (Å²) in [5.41, 5.74) is 4.36. The highest BCUT2D eigenvalue weighted by Gasteiger charge is 2.15. The second-order valence-corrected chi connectivity index (χ2v) is 7.10. The fraction of sp³-hybridized carbons (Fsp3) is 0.320. The fourth-order valence-corrected chi connectivity index (χ4v) is 3.38. The highest BCUT2D eigenvalue weighted by molar-refractivity contribution is 6.00. The lowest BCUT2D eigenvalue weighted by Crippen LogP contribution is -2.23. The molecule has 1 heterocycles. The molecule has 0 aliphatic carbocycles. The molecule has 6 heteroatoms. The second kappa shape index (κ2) is 10.7. The van der Waals surface area contributed by atoms with Crippen LogP contribution in [0.25, 0.3) is 27.7 Å². The van der Waals surface area contributed by atoms with Crippen molar-refractivity contribution >= 4 is 22.4 Å². The number of methoxy groups -OCH3 is 2. The van der Waals surface area contributed by atoms with Crippen molar-refractivity contribution in [1.29, 1.82) is 0 Å². The van der Waals surface area contributed by atoms with Gasteiger partial charge in [0.25, 0.3) is 0 Å². The molecule has 0 aliphatic rings. The molecular formula is C25H29NO5. The number of amides is 1. The van der Waals surface area contributed by atoms with Gasteiger partial charge in [0.05, 0.1) is 20.5 Å². The lowest BCUT2D eigenvalue weighted by molar-refractivity contribution is -0.116. The van der Waals surface area contributed by atoms with E-state index in [-0.39, 0.29) is 5.91 Å². The number of fused-ring (bicyclic) bond motifs is 1. The molecular weight excluding hydrogens is 394 g/mol. The van der Waals surface area contributed by atoms with Crippen LogP contribution in [0.4, 0.5) is 0 Å². The van der Waals surface area contributed by atoms with Gasteiger partial charge in [0.2, 0.25) is 5.91 Å². The van der Waals surface area contributed by atoms with Gasteiger partial charge in [-0.25, -0.2) is 0 Å². The van der Waals surface area contributed by atoms with E-state index in [0.29, 0.717) is 25.5 Å². The summed E-state index contributed by atoms with van der Waals surface area (Å²) in [5.74, 6) is 1.31. The summed E-state index contributed by atoms with van der Waals surface area (Å²) in [6, 6.07) is 11.7. The molecule has 0 bridgehead atoms. The summed E-state index contributed by atoms with van der Waals surface area (Å²) >= 11 is 0. The Bertz CT molecular complexity index is 1050. The summed E-state index contributed by atoms with van der Waals surface area (Å²) in [6.07, 6.45) is 4.11. The first-order chi connectivity index (χ1) is 15.1. The van der Waals surface area contributed by atoms with E-state index >= 15 is 0 Å². The highest BCUT2D eigenvalue weighted by Crippen LogP contribution is 2.37. The number of ether oxygens (including phenoxy) is 3. The van der Waals surface area contributed by atoms with Gasteiger partial charge in [0.15, 0.2) is 0 Å². The third kappa shape index (κ3) is 5.47. The highest BCUT2D eigenvalue weighted by atomic mass is 16.5. The number of rotatable bonds is 10. The van der Waals surface area contributed by atoms with Crippen LogP contribution in [0.5, 0.6) is 11.5 Å². The topological polar surface area (TPSA) is 69.9 Å². The zero-order chi connectivity index (χ0) is 22.2. The maximum Gasteiger partial charge on any atom is 0.244 e. The van der Waals surface area contributed by atoms with E-state index in [1.54, 1.807) is 26.6 Å². The largest absolute Gasteiger partial charge is 0.497 e. The van der Waals surface area contributed by atoms with Crippen LogP contribution in [-0.2, 0) is 9.53 Å². The zero-order valence-corrected chi connectivity index (χ0v) is 18.5. The van der Waals surface area contributed by atoms with Crippen molar-refractivity contribution in [2.24, 2.45) is 0 Å². The molecule has 2 aromatic carbocycles. The van der Waals surface area contributed by atoms with E-state index < -0.39 is 0 Å². The monoisotopic (exact) mass is 423 g/mol. The minimum absolute atomic E-state index is 0.140. The molecule has 0 unspecified atom stereocenters. The van der Waals surface area contributed by atoms with Gasteiger partial charge in [-0.2, -0.15) is 0 Å². The maximum atomic E-state index is 12.3. The molecule has 1 amide bonds. The van der Waals surface area contributed by atoms with Crippen molar-refractivity contribution in [1.82, 2.24) is 5.32 Å². The number of benzene rings is 2. The Kier molecular flexibility index (Phi) is 7.73. The molecule has 1 aromatic heterocycles. The molecule has 6 nitrogen and oxygen atoms in total. The number of carbonyl (C=O) groups is 1. The Labute approximate surface area is 182 Å². The van der Waals surface area contributed by atoms with Gasteiger partial charge in [0.1, 0.15) is 17.1 Å². The smallest absolute Gasteiger partial charge is 0.244 e. The molecule has 0 saturated carbocycles. The summed E-state index contributed by atoms with van der Waals surface area (Å²) in [4.78, 5) is 12.3. The Morgan fingerprint density at radius 2 is 1.90 bits per heavy atom. The Balaban J connectivity index is 1.87. The number of furan rings is 1. The van der Waals surface area contributed by atoms with Crippen LogP contribution in [0.15, 0.2) is 53.2 Å². The lowest BCUT2D eigenvalue weighted by Gasteiger charge is -2.10. The van der Waals surface area contributed by atoms with Crippen LogP contribution >= 0.6 is 0 Å². The summed E-state index contributed by atoms with van der Waals surface area (Å²) < 4.78 is 21.9. The van der Waals surface area contributed by atoms with Crippen LogP contribution in [0.2, 0.25) is 0 Å². The Hall–Kier alpha value is -3.25. The first-order valence-electron chi connectivity index (χ1n) is 10.3. The standard InChI is InChI=1S/C25H29NO5/c1-5-30-12-6-11-26-25(27)13-17(2)20-14-21-22(16-31-24(21)15-23(20)29-4)18-7-9-19(28-3)10-8-18/h7-10,13-16H,5-6,11-12H2,1-4H3,(H,26,27)/b17-13+. The Morgan fingerprint density at radius 1 is 1.13 bits per heavy atom. The molecule has 0 atom stereocenters. The maximum absolute atomic E-state index is 12.3. The number of hydrogen-bond donors (Lipinski definition) is 1. The number of nitrogens with one attached hydrogen (secondary N) is 1. The fourth-order valence-electron chi connectivity index (χ4n) is 3.38. The van der Waals surface area contributed by atoms with Crippen LogP contribution < -0.4 is 14.8 Å². The average molecular weight is 424 g/mol. The molecule has 3 aromatic rings. The van der Waals surface area contributed by atoms with Crippen LogP contribution in [-0.4, -0.2) is 39.9 Å². The molecule has 31 heavy (non-hydrogen) atoms. The quantitative estimate of drug-likeness (QED) is 0.364. The first-order valence-corrected chi connectivity index (χ1v) is 10.3. The zero-order valence-electron chi connectivity index (χ0n) is 18.5. The van der Waals surface area contributed by atoms with Crippen LogP contribution in [0, 0.1) is 0 Å². The summed E-state index contributed by atoms with van der Waals surface area (Å²) in [6.45, 7) is 5.74. The van der Waals surface area contributed by atoms with Gasteiger partial charge >= 0.3 is 0 Å². The third-order valence-corrected chi connectivity index (χ3v) is 5.04. The molecule has 0 saturated heterocycles. The van der Waals surface area contributed by atoms with Gasteiger partial charge < -0.3 is 23.9 Å². The molecule has 0 radical (unpaired) electrons. The van der Waals surface area contributed by atoms with E-state index in [2.05, 4.69) is 5.32 Å². The van der Waals surface area contributed by atoms with Gasteiger partial charge in [0, 0.05) is 48.4 Å². The van der Waals surface area contributed by atoms with Crippen molar-refractivity contribution in [2.75, 3.05) is 34.0 Å². The van der Waals surface area contributed by atoms with E-state index in [4.69, 9.17) is 18.6 Å².